The maximum atomic E-state index is 5.96. The molecule has 5 rings (SSSR count). The second-order valence-electron chi connectivity index (χ2n) is 10.0. The molecule has 1 aliphatic rings. The highest BCUT2D eigenvalue weighted by atomic mass is 16.5. The predicted octanol–water partition coefficient (Wildman–Crippen LogP) is 5.07. The van der Waals surface area contributed by atoms with Crippen LogP contribution in [0.25, 0.3) is 17.2 Å². The topological polar surface area (TPSA) is 79.9 Å². The van der Waals surface area contributed by atoms with Gasteiger partial charge in [0.25, 0.3) is 0 Å². The Morgan fingerprint density at radius 1 is 1.03 bits per heavy atom. The predicted molar refractivity (Wildman–Crippen MR) is 134 cm³/mol. The van der Waals surface area contributed by atoms with Crippen molar-refractivity contribution < 1.29 is 9.47 Å². The summed E-state index contributed by atoms with van der Waals surface area (Å²) < 4.78 is 15.5. The van der Waals surface area contributed by atoms with Gasteiger partial charge in [-0.1, -0.05) is 39.0 Å². The fraction of sp³-hybridized carbons (Fsp3) is 0.407. The van der Waals surface area contributed by atoms with E-state index in [0.717, 1.165) is 47.9 Å². The number of nitrogens with zero attached hydrogens (tertiary/aromatic N) is 6. The van der Waals surface area contributed by atoms with E-state index in [-0.39, 0.29) is 11.3 Å². The molecule has 1 aliphatic heterocycles. The van der Waals surface area contributed by atoms with Crippen molar-refractivity contribution >= 4 is 0 Å². The van der Waals surface area contributed by atoms with Gasteiger partial charge in [0.1, 0.15) is 23.0 Å². The molecule has 0 radical (unpaired) electrons. The van der Waals surface area contributed by atoms with Crippen LogP contribution in [0, 0.1) is 6.92 Å². The van der Waals surface area contributed by atoms with Crippen molar-refractivity contribution in [3.8, 4) is 28.8 Å². The average Bonchev–Trinajstić information content (AvgIpc) is 3.48. The van der Waals surface area contributed by atoms with Gasteiger partial charge in [-0.3, -0.25) is 0 Å². The van der Waals surface area contributed by atoms with Crippen molar-refractivity contribution in [1.29, 1.82) is 0 Å². The average molecular weight is 473 g/mol. The highest BCUT2D eigenvalue weighted by Crippen LogP contribution is 2.42. The monoisotopic (exact) mass is 472 g/mol. The summed E-state index contributed by atoms with van der Waals surface area (Å²) in [6.45, 7) is 9.42. The lowest BCUT2D eigenvalue weighted by molar-refractivity contribution is 0.380. The minimum absolute atomic E-state index is 0.0230. The van der Waals surface area contributed by atoms with Gasteiger partial charge in [0.05, 0.1) is 26.2 Å². The molecule has 182 valence electrons. The molecule has 8 heteroatoms. The first kappa shape index (κ1) is 23.1. The zero-order valence-electron chi connectivity index (χ0n) is 21.2. The van der Waals surface area contributed by atoms with Gasteiger partial charge < -0.3 is 14.0 Å². The van der Waals surface area contributed by atoms with E-state index in [2.05, 4.69) is 44.0 Å². The lowest BCUT2D eigenvalue weighted by Crippen LogP contribution is -2.20. The molecule has 0 saturated carbocycles. The summed E-state index contributed by atoms with van der Waals surface area (Å²) in [6, 6.07) is 10.3. The third-order valence-corrected chi connectivity index (χ3v) is 6.56. The first-order valence-electron chi connectivity index (χ1n) is 12.0. The van der Waals surface area contributed by atoms with E-state index in [0.29, 0.717) is 17.4 Å². The summed E-state index contributed by atoms with van der Waals surface area (Å²) in [4.78, 5) is 14.0. The molecule has 0 bridgehead atoms. The number of methoxy groups -OCH3 is 2. The van der Waals surface area contributed by atoms with Crippen molar-refractivity contribution in [1.82, 2.24) is 29.3 Å². The van der Waals surface area contributed by atoms with Crippen molar-refractivity contribution in [2.45, 2.75) is 58.4 Å². The number of aryl methyl sites for hydroxylation is 2. The molecular weight excluding hydrogens is 440 g/mol. The normalized spacial score (nSPS) is 15.7. The summed E-state index contributed by atoms with van der Waals surface area (Å²) in [6.07, 6.45) is 5.72. The molecule has 4 heterocycles. The third kappa shape index (κ3) is 4.17. The number of pyridine rings is 1. The number of hydrogen-bond donors (Lipinski definition) is 0. The Hall–Kier alpha value is -3.68. The number of para-hydroxylation sites is 1. The Morgan fingerprint density at radius 2 is 1.86 bits per heavy atom. The molecule has 0 unspecified atom stereocenters. The van der Waals surface area contributed by atoms with Crippen molar-refractivity contribution in [3.05, 3.63) is 65.5 Å². The van der Waals surface area contributed by atoms with Gasteiger partial charge in [-0.2, -0.15) is 0 Å². The van der Waals surface area contributed by atoms with Gasteiger partial charge in [0, 0.05) is 24.2 Å². The van der Waals surface area contributed by atoms with Gasteiger partial charge in [-0.05, 0) is 42.9 Å². The van der Waals surface area contributed by atoms with Crippen molar-refractivity contribution in [2.24, 2.45) is 0 Å². The van der Waals surface area contributed by atoms with Crippen LogP contribution in [0.2, 0.25) is 0 Å². The van der Waals surface area contributed by atoms with Gasteiger partial charge in [-0.25, -0.2) is 19.6 Å². The number of rotatable bonds is 5. The Morgan fingerprint density at radius 3 is 2.54 bits per heavy atom. The molecule has 1 aromatic carbocycles. The van der Waals surface area contributed by atoms with Crippen molar-refractivity contribution in [2.75, 3.05) is 14.2 Å². The number of fused-ring (bicyclic) bond motifs is 1. The Bertz CT molecular complexity index is 1360. The molecule has 0 saturated heterocycles. The first-order valence-corrected chi connectivity index (χ1v) is 12.0. The quantitative estimate of drug-likeness (QED) is 0.403. The van der Waals surface area contributed by atoms with Gasteiger partial charge >= 0.3 is 0 Å². The van der Waals surface area contributed by atoms with Crippen LogP contribution < -0.4 is 9.47 Å². The molecule has 0 amide bonds. The van der Waals surface area contributed by atoms with Crippen molar-refractivity contribution in [3.63, 3.8) is 0 Å². The molecule has 4 aromatic rings. The van der Waals surface area contributed by atoms with E-state index >= 15 is 0 Å². The summed E-state index contributed by atoms with van der Waals surface area (Å²) in [5.74, 6) is 3.11. The molecular formula is C27H32N6O2. The van der Waals surface area contributed by atoms with Crippen LogP contribution in [0.3, 0.4) is 0 Å². The molecule has 0 N–H and O–H groups in total. The van der Waals surface area contributed by atoms with Crippen LogP contribution in [-0.4, -0.2) is 43.5 Å². The Kier molecular flexibility index (Phi) is 5.83. The maximum Gasteiger partial charge on any atom is 0.238 e. The van der Waals surface area contributed by atoms with E-state index in [1.165, 1.54) is 5.56 Å². The lowest BCUT2D eigenvalue weighted by atomic mass is 9.82. The first-order chi connectivity index (χ1) is 16.8. The highest BCUT2D eigenvalue weighted by Gasteiger charge is 2.31. The molecule has 0 aliphatic carbocycles. The number of ether oxygens (including phenoxy) is 2. The molecule has 0 spiro atoms. The summed E-state index contributed by atoms with van der Waals surface area (Å²) in [5.41, 5.74) is 4.77. The van der Waals surface area contributed by atoms with Crippen LogP contribution in [-0.2, 0) is 12.0 Å². The smallest absolute Gasteiger partial charge is 0.238 e. The number of aromatic nitrogens is 6. The summed E-state index contributed by atoms with van der Waals surface area (Å²) in [7, 11) is 3.38. The van der Waals surface area contributed by atoms with Gasteiger partial charge in [-0.15, -0.1) is 5.10 Å². The zero-order chi connectivity index (χ0) is 24.7. The minimum Gasteiger partial charge on any atom is -0.496 e. The molecule has 35 heavy (non-hydrogen) atoms. The van der Waals surface area contributed by atoms with Crippen LogP contribution in [0.4, 0.5) is 0 Å². The number of imidazole rings is 1. The minimum atomic E-state index is -0.0230. The van der Waals surface area contributed by atoms with E-state index in [1.807, 2.05) is 34.5 Å². The standard InChI is InChI=1S/C27H32N6O2/c1-17-15-32(16-28-17)22-13-12-21(29-26(22)35-6)24-30-25-19(10-8-14-33(25)31-24)18-9-7-11-20(23(18)34-5)27(2,3)4/h7,9,11-13,15-16,19H,8,10,14H2,1-6H3/t19-/m0/s1. The fourth-order valence-corrected chi connectivity index (χ4v) is 4.86. The molecule has 0 fully saturated rings. The van der Waals surface area contributed by atoms with E-state index in [1.54, 1.807) is 20.5 Å². The van der Waals surface area contributed by atoms with Crippen LogP contribution in [0.5, 0.6) is 11.6 Å². The van der Waals surface area contributed by atoms with Gasteiger partial charge in [0.15, 0.2) is 5.82 Å². The fourth-order valence-electron chi connectivity index (χ4n) is 4.86. The molecule has 8 nitrogen and oxygen atoms in total. The Balaban J connectivity index is 1.55. The largest absolute Gasteiger partial charge is 0.496 e. The number of hydrogen-bond acceptors (Lipinski definition) is 6. The van der Waals surface area contributed by atoms with E-state index in [9.17, 15) is 0 Å². The Labute approximate surface area is 206 Å². The van der Waals surface area contributed by atoms with Gasteiger partial charge in [0.2, 0.25) is 5.88 Å². The lowest BCUT2D eigenvalue weighted by Gasteiger charge is -2.28. The second kappa shape index (κ2) is 8.83. The summed E-state index contributed by atoms with van der Waals surface area (Å²) in [5, 5.41) is 4.83. The van der Waals surface area contributed by atoms with Crippen LogP contribution in [0.1, 0.15) is 62.2 Å². The maximum absolute atomic E-state index is 5.96. The number of benzene rings is 1. The SMILES string of the molecule is COc1nc(-c2nc3n(n2)CCC[C@H]3c2cccc(C(C)(C)C)c2OC)ccc1-n1cnc(C)c1. The van der Waals surface area contributed by atoms with E-state index in [4.69, 9.17) is 24.5 Å². The summed E-state index contributed by atoms with van der Waals surface area (Å²) >= 11 is 0. The molecule has 3 aromatic heterocycles. The third-order valence-electron chi connectivity index (χ3n) is 6.56. The van der Waals surface area contributed by atoms with E-state index < -0.39 is 0 Å². The highest BCUT2D eigenvalue weighted by molar-refractivity contribution is 5.56. The second-order valence-corrected chi connectivity index (χ2v) is 10.0. The molecule has 1 atom stereocenters. The van der Waals surface area contributed by atoms with Crippen LogP contribution >= 0.6 is 0 Å². The zero-order valence-corrected chi connectivity index (χ0v) is 21.2. The van der Waals surface area contributed by atoms with Crippen LogP contribution in [0.15, 0.2) is 42.9 Å².